The predicted molar refractivity (Wildman–Crippen MR) is 114 cm³/mol. The Kier molecular flexibility index (Phi) is 5.75. The molecular weight excluding hydrogens is 420 g/mol. The van der Waals surface area contributed by atoms with Gasteiger partial charge in [-0.3, -0.25) is 14.2 Å². The number of ether oxygens (including phenoxy) is 1. The van der Waals surface area contributed by atoms with Crippen LogP contribution in [-0.2, 0) is 4.79 Å². The highest BCUT2D eigenvalue weighted by Crippen LogP contribution is 2.24. The average Bonchev–Trinajstić information content (AvgIpc) is 3.16. The summed E-state index contributed by atoms with van der Waals surface area (Å²) in [6, 6.07) is 14.4. The van der Waals surface area contributed by atoms with Crippen LogP contribution in [0.25, 0.3) is 11.0 Å². The third kappa shape index (κ3) is 4.53. The van der Waals surface area contributed by atoms with Gasteiger partial charge in [-0.25, -0.2) is 4.98 Å². The van der Waals surface area contributed by atoms with E-state index in [2.05, 4.69) is 25.3 Å². The van der Waals surface area contributed by atoms with Gasteiger partial charge in [-0.2, -0.15) is 13.8 Å². The number of carbonyl (C=O) groups excluding carboxylic acids is 2. The Morgan fingerprint density at radius 3 is 2.62 bits per heavy atom. The number of rotatable bonds is 6. The number of anilines is 3. The number of nitrogens with zero attached hydrogens (tertiary/aromatic N) is 3. The zero-order chi connectivity index (χ0) is 22.7. The van der Waals surface area contributed by atoms with E-state index in [1.54, 1.807) is 36.4 Å². The van der Waals surface area contributed by atoms with E-state index in [-0.39, 0.29) is 28.8 Å². The summed E-state index contributed by atoms with van der Waals surface area (Å²) in [6.45, 7) is -1.65. The summed E-state index contributed by atoms with van der Waals surface area (Å²) in [5.41, 5.74) is 1.48. The van der Waals surface area contributed by atoms with Gasteiger partial charge >= 0.3 is 6.61 Å². The van der Waals surface area contributed by atoms with Crippen LogP contribution in [-0.4, -0.2) is 33.0 Å². The monoisotopic (exact) mass is 437 g/mol. The summed E-state index contributed by atoms with van der Waals surface area (Å²) < 4.78 is 31.2. The van der Waals surface area contributed by atoms with Crippen molar-refractivity contribution >= 4 is 40.2 Å². The van der Waals surface area contributed by atoms with E-state index in [1.807, 2.05) is 0 Å². The third-order valence-corrected chi connectivity index (χ3v) is 4.42. The van der Waals surface area contributed by atoms with E-state index >= 15 is 0 Å². The van der Waals surface area contributed by atoms with Crippen molar-refractivity contribution in [2.75, 3.05) is 10.6 Å². The summed E-state index contributed by atoms with van der Waals surface area (Å²) in [7, 11) is 0. The van der Waals surface area contributed by atoms with Crippen molar-refractivity contribution in [1.29, 1.82) is 0 Å². The number of fused-ring (bicyclic) bond motifs is 1. The molecule has 0 radical (unpaired) electrons. The first-order valence-electron chi connectivity index (χ1n) is 9.48. The minimum Gasteiger partial charge on any atom is -0.434 e. The molecule has 4 rings (SSSR count). The maximum absolute atomic E-state index is 13.1. The van der Waals surface area contributed by atoms with E-state index in [9.17, 15) is 18.4 Å². The van der Waals surface area contributed by atoms with Crippen molar-refractivity contribution in [3.05, 3.63) is 72.6 Å². The van der Waals surface area contributed by atoms with Gasteiger partial charge in [-0.15, -0.1) is 0 Å². The van der Waals surface area contributed by atoms with Crippen molar-refractivity contribution in [2.24, 2.45) is 0 Å². The largest absolute Gasteiger partial charge is 0.434 e. The number of hydrogen-bond donors (Lipinski definition) is 2. The lowest BCUT2D eigenvalue weighted by molar-refractivity contribution is -0.114. The zero-order valence-electron chi connectivity index (χ0n) is 16.8. The number of amides is 1. The Hall–Kier alpha value is -4.34. The molecule has 32 heavy (non-hydrogen) atoms. The molecule has 2 N–H and O–H groups in total. The van der Waals surface area contributed by atoms with Gasteiger partial charge in [0.05, 0.1) is 5.56 Å². The highest BCUT2D eigenvalue weighted by molar-refractivity contribution is 6.03. The van der Waals surface area contributed by atoms with E-state index in [1.165, 1.54) is 42.1 Å². The van der Waals surface area contributed by atoms with Crippen LogP contribution in [0.2, 0.25) is 0 Å². The smallest absolute Gasteiger partial charge is 0.387 e. The van der Waals surface area contributed by atoms with Crippen molar-refractivity contribution in [3.63, 3.8) is 0 Å². The molecule has 2 aromatic heterocycles. The van der Waals surface area contributed by atoms with E-state index < -0.39 is 12.5 Å². The summed E-state index contributed by atoms with van der Waals surface area (Å²) >= 11 is 0. The fraction of sp³-hybridized carbons (Fsp3) is 0.0909. The van der Waals surface area contributed by atoms with Crippen LogP contribution in [0, 0.1) is 0 Å². The molecular formula is C22H17F2N5O3. The lowest BCUT2D eigenvalue weighted by Gasteiger charge is -2.11. The first kappa shape index (κ1) is 20.9. The van der Waals surface area contributed by atoms with Gasteiger partial charge in [-0.05, 0) is 36.4 Å². The number of hydrogen-bond acceptors (Lipinski definition) is 6. The van der Waals surface area contributed by atoms with Crippen molar-refractivity contribution < 1.29 is 23.1 Å². The van der Waals surface area contributed by atoms with Gasteiger partial charge < -0.3 is 15.4 Å². The van der Waals surface area contributed by atoms with Crippen LogP contribution in [0.5, 0.6) is 5.75 Å². The highest BCUT2D eigenvalue weighted by atomic mass is 19.3. The lowest BCUT2D eigenvalue weighted by atomic mass is 10.2. The molecule has 8 nitrogen and oxygen atoms in total. The molecule has 1 amide bonds. The Balaban J connectivity index is 1.66. The zero-order valence-corrected chi connectivity index (χ0v) is 16.8. The quantitative estimate of drug-likeness (QED) is 0.463. The fourth-order valence-electron chi connectivity index (χ4n) is 3.12. The molecule has 0 saturated heterocycles. The molecule has 4 aromatic rings. The van der Waals surface area contributed by atoms with Crippen LogP contribution in [0.3, 0.4) is 0 Å². The van der Waals surface area contributed by atoms with E-state index in [0.29, 0.717) is 16.8 Å². The summed E-state index contributed by atoms with van der Waals surface area (Å²) in [5.74, 6) is -0.792. The van der Waals surface area contributed by atoms with Crippen LogP contribution in [0.4, 0.5) is 26.1 Å². The molecule has 0 spiro atoms. The SMILES string of the molecule is CC(=O)Nc1cccc(Nc2ncc3ccn(C(=O)c4ccccc4OC(F)F)c3n2)c1. The number of halogens is 2. The van der Waals surface area contributed by atoms with Gasteiger partial charge in [0.1, 0.15) is 5.75 Å². The first-order chi connectivity index (χ1) is 15.4. The average molecular weight is 437 g/mol. The molecule has 0 bridgehead atoms. The summed E-state index contributed by atoms with van der Waals surface area (Å²) in [6.07, 6.45) is 3.02. The first-order valence-corrected chi connectivity index (χ1v) is 9.48. The Bertz CT molecular complexity index is 1310. The van der Waals surface area contributed by atoms with Gasteiger partial charge in [0, 0.05) is 36.1 Å². The Morgan fingerprint density at radius 2 is 1.84 bits per heavy atom. The standard InChI is InChI=1S/C22H17F2N5O3/c1-13(30)26-15-5-4-6-16(11-15)27-22-25-12-14-9-10-29(19(14)28-22)20(31)17-7-2-3-8-18(17)32-21(23)24/h2-12,21H,1H3,(H,26,30)(H,25,27,28). The molecule has 2 aromatic carbocycles. The number of para-hydroxylation sites is 1. The van der Waals surface area contributed by atoms with Gasteiger partial charge in [0.2, 0.25) is 11.9 Å². The molecule has 0 aliphatic carbocycles. The fourth-order valence-corrected chi connectivity index (χ4v) is 3.12. The minimum atomic E-state index is -3.06. The molecule has 0 unspecified atom stereocenters. The number of alkyl halides is 2. The molecule has 0 saturated carbocycles. The maximum atomic E-state index is 13.1. The normalized spacial score (nSPS) is 10.9. The number of aromatic nitrogens is 3. The molecule has 0 aliphatic heterocycles. The Labute approximate surface area is 180 Å². The van der Waals surface area contributed by atoms with Gasteiger partial charge in [-0.1, -0.05) is 18.2 Å². The number of benzene rings is 2. The van der Waals surface area contributed by atoms with E-state index in [4.69, 9.17) is 0 Å². The van der Waals surface area contributed by atoms with Crippen LogP contribution in [0.1, 0.15) is 17.3 Å². The second-order valence-electron chi connectivity index (χ2n) is 6.73. The molecule has 0 fully saturated rings. The number of carbonyl (C=O) groups is 2. The second kappa shape index (κ2) is 8.80. The summed E-state index contributed by atoms with van der Waals surface area (Å²) in [5, 5.41) is 6.29. The van der Waals surface area contributed by atoms with Gasteiger partial charge in [0.25, 0.3) is 5.91 Å². The molecule has 0 atom stereocenters. The number of nitrogens with one attached hydrogen (secondary N) is 2. The van der Waals surface area contributed by atoms with Crippen LogP contribution >= 0.6 is 0 Å². The molecule has 0 aliphatic rings. The van der Waals surface area contributed by atoms with Gasteiger partial charge in [0.15, 0.2) is 5.65 Å². The van der Waals surface area contributed by atoms with Crippen LogP contribution in [0.15, 0.2) is 67.0 Å². The lowest BCUT2D eigenvalue weighted by Crippen LogP contribution is -2.15. The maximum Gasteiger partial charge on any atom is 0.387 e. The molecule has 10 heteroatoms. The summed E-state index contributed by atoms with van der Waals surface area (Å²) in [4.78, 5) is 33.0. The molecule has 2 heterocycles. The van der Waals surface area contributed by atoms with Crippen molar-refractivity contribution in [2.45, 2.75) is 13.5 Å². The molecule has 162 valence electrons. The highest BCUT2D eigenvalue weighted by Gasteiger charge is 2.19. The van der Waals surface area contributed by atoms with Crippen LogP contribution < -0.4 is 15.4 Å². The van der Waals surface area contributed by atoms with Crippen molar-refractivity contribution in [1.82, 2.24) is 14.5 Å². The minimum absolute atomic E-state index is 0.0265. The van der Waals surface area contributed by atoms with E-state index in [0.717, 1.165) is 0 Å². The second-order valence-corrected chi connectivity index (χ2v) is 6.73. The van der Waals surface area contributed by atoms with Crippen molar-refractivity contribution in [3.8, 4) is 5.75 Å². The predicted octanol–water partition coefficient (Wildman–Crippen LogP) is 4.42. The topological polar surface area (TPSA) is 98.1 Å². The third-order valence-electron chi connectivity index (χ3n) is 4.42. The Morgan fingerprint density at radius 1 is 1.06 bits per heavy atom.